The van der Waals surface area contributed by atoms with E-state index in [0.29, 0.717) is 19.5 Å². The molecule has 1 atom stereocenters. The van der Waals surface area contributed by atoms with Crippen LogP contribution in [0.3, 0.4) is 0 Å². The average Bonchev–Trinajstić information content (AvgIpc) is 3.77. The lowest BCUT2D eigenvalue weighted by molar-refractivity contribution is -0.141. The Hall–Kier alpha value is -5.15. The number of benzene rings is 4. The van der Waals surface area contributed by atoms with Crippen molar-refractivity contribution in [1.82, 2.24) is 24.8 Å². The van der Waals surface area contributed by atoms with Crippen LogP contribution in [0.5, 0.6) is 0 Å². The van der Waals surface area contributed by atoms with E-state index in [0.717, 1.165) is 53.4 Å². The van der Waals surface area contributed by atoms with E-state index in [1.165, 1.54) is 38.9 Å². The monoisotopic (exact) mass is 651 g/mol. The molecule has 0 spiro atoms. The summed E-state index contributed by atoms with van der Waals surface area (Å²) in [7, 11) is 0. The number of aliphatic carboxylic acids is 1. The third-order valence-electron chi connectivity index (χ3n) is 9.80. The van der Waals surface area contributed by atoms with Gasteiger partial charge in [-0.05, 0) is 94.6 Å². The van der Waals surface area contributed by atoms with Crippen molar-refractivity contribution in [2.45, 2.75) is 33.4 Å². The van der Waals surface area contributed by atoms with Crippen molar-refractivity contribution in [1.29, 1.82) is 0 Å². The second-order valence-electron chi connectivity index (χ2n) is 13.0. The molecule has 248 valence electrons. The highest BCUT2D eigenvalue weighted by molar-refractivity contribution is 5.84. The fourth-order valence-corrected chi connectivity index (χ4v) is 7.04. The zero-order chi connectivity index (χ0) is 33.9. The van der Waals surface area contributed by atoms with Gasteiger partial charge in [-0.15, -0.1) is 10.2 Å². The van der Waals surface area contributed by atoms with Crippen LogP contribution in [0.25, 0.3) is 50.4 Å². The lowest BCUT2D eigenvalue weighted by Crippen LogP contribution is -2.22. The molecular weight excluding hydrogens is 610 g/mol. The van der Waals surface area contributed by atoms with Crippen LogP contribution in [0.1, 0.15) is 28.7 Å². The lowest BCUT2D eigenvalue weighted by atomic mass is 9.88. The van der Waals surface area contributed by atoms with E-state index in [-0.39, 0.29) is 12.5 Å². The van der Waals surface area contributed by atoms with Gasteiger partial charge in [0.25, 0.3) is 0 Å². The summed E-state index contributed by atoms with van der Waals surface area (Å²) in [4.78, 5) is 13.5. The molecule has 0 amide bonds. The summed E-state index contributed by atoms with van der Waals surface area (Å²) in [6.07, 6.45) is 2.75. The van der Waals surface area contributed by atoms with Gasteiger partial charge in [-0.3, -0.25) is 14.1 Å². The SMILES string of the molecule is Cc1c(-c2ccc(CNCCO)cc2)cccc1-c1cccc(-c2ccn3c(-c4ccc(CN5CC[C@@H](C(=O)O)C5)cc4)nnc3c2)c1C. The second kappa shape index (κ2) is 14.1. The van der Waals surface area contributed by atoms with Crippen molar-refractivity contribution in [2.75, 3.05) is 26.2 Å². The Bertz CT molecular complexity index is 2100. The number of hydrogen-bond donors (Lipinski definition) is 3. The Balaban J connectivity index is 1.12. The van der Waals surface area contributed by atoms with Crippen molar-refractivity contribution in [3.8, 4) is 44.8 Å². The van der Waals surface area contributed by atoms with Crippen LogP contribution in [0, 0.1) is 19.8 Å². The molecule has 1 aliphatic rings. The molecule has 0 bridgehead atoms. The van der Waals surface area contributed by atoms with Crippen LogP contribution in [-0.2, 0) is 17.9 Å². The number of nitrogens with one attached hydrogen (secondary N) is 1. The first-order valence-corrected chi connectivity index (χ1v) is 16.9. The quantitative estimate of drug-likeness (QED) is 0.130. The number of carbonyl (C=O) groups is 1. The normalized spacial score (nSPS) is 14.9. The molecule has 0 saturated carbocycles. The number of likely N-dealkylation sites (tertiary alicyclic amines) is 1. The van der Waals surface area contributed by atoms with Gasteiger partial charge in [0.2, 0.25) is 0 Å². The van der Waals surface area contributed by atoms with Gasteiger partial charge in [-0.25, -0.2) is 0 Å². The largest absolute Gasteiger partial charge is 0.481 e. The molecule has 8 nitrogen and oxygen atoms in total. The fourth-order valence-electron chi connectivity index (χ4n) is 7.04. The van der Waals surface area contributed by atoms with Crippen molar-refractivity contribution < 1.29 is 15.0 Å². The average molecular weight is 652 g/mol. The van der Waals surface area contributed by atoms with E-state index < -0.39 is 5.97 Å². The van der Waals surface area contributed by atoms with E-state index in [4.69, 9.17) is 5.11 Å². The van der Waals surface area contributed by atoms with E-state index >= 15 is 0 Å². The molecule has 0 unspecified atom stereocenters. The minimum atomic E-state index is -0.703. The molecule has 4 aromatic carbocycles. The minimum absolute atomic E-state index is 0.136. The van der Waals surface area contributed by atoms with Crippen LogP contribution >= 0.6 is 0 Å². The molecule has 6 aromatic rings. The molecule has 0 radical (unpaired) electrons. The zero-order valence-corrected chi connectivity index (χ0v) is 27.9. The van der Waals surface area contributed by atoms with Crippen LogP contribution in [0.15, 0.2) is 103 Å². The summed E-state index contributed by atoms with van der Waals surface area (Å²) in [6.45, 7) is 8.00. The highest BCUT2D eigenvalue weighted by Crippen LogP contribution is 2.37. The minimum Gasteiger partial charge on any atom is -0.481 e. The summed E-state index contributed by atoms with van der Waals surface area (Å²) in [5.41, 5.74) is 13.6. The van der Waals surface area contributed by atoms with E-state index in [1.807, 2.05) is 10.6 Å². The molecule has 3 N–H and O–H groups in total. The summed E-state index contributed by atoms with van der Waals surface area (Å²) in [6, 6.07) is 34.2. The highest BCUT2D eigenvalue weighted by atomic mass is 16.4. The number of carboxylic acid groups (broad SMARTS) is 1. The number of aromatic nitrogens is 3. The zero-order valence-electron chi connectivity index (χ0n) is 27.9. The molecule has 1 saturated heterocycles. The number of nitrogens with zero attached hydrogens (tertiary/aromatic N) is 4. The Morgan fingerprint density at radius 2 is 1.43 bits per heavy atom. The highest BCUT2D eigenvalue weighted by Gasteiger charge is 2.27. The first-order chi connectivity index (χ1) is 23.9. The van der Waals surface area contributed by atoms with Crippen molar-refractivity contribution in [3.63, 3.8) is 0 Å². The molecule has 1 aliphatic heterocycles. The predicted octanol–water partition coefficient (Wildman–Crippen LogP) is 7.00. The number of rotatable bonds is 11. The molecule has 7 rings (SSSR count). The third-order valence-corrected chi connectivity index (χ3v) is 9.80. The van der Waals surface area contributed by atoms with Crippen molar-refractivity contribution >= 4 is 11.6 Å². The summed E-state index contributed by atoms with van der Waals surface area (Å²) in [5, 5.41) is 30.7. The van der Waals surface area contributed by atoms with Crippen LogP contribution < -0.4 is 5.32 Å². The van der Waals surface area contributed by atoms with Crippen LogP contribution in [-0.4, -0.2) is 61.9 Å². The van der Waals surface area contributed by atoms with E-state index in [1.54, 1.807) is 0 Å². The predicted molar refractivity (Wildman–Crippen MR) is 194 cm³/mol. The maximum absolute atomic E-state index is 11.3. The molecule has 8 heteroatoms. The van der Waals surface area contributed by atoms with Crippen LogP contribution in [0.4, 0.5) is 0 Å². The molecule has 3 heterocycles. The van der Waals surface area contributed by atoms with Crippen molar-refractivity contribution in [2.24, 2.45) is 5.92 Å². The number of carboxylic acids is 1. The van der Waals surface area contributed by atoms with E-state index in [9.17, 15) is 9.90 Å². The van der Waals surface area contributed by atoms with Gasteiger partial charge in [0.05, 0.1) is 12.5 Å². The number of fused-ring (bicyclic) bond motifs is 1. The number of hydrogen-bond acceptors (Lipinski definition) is 6. The summed E-state index contributed by atoms with van der Waals surface area (Å²) >= 11 is 0. The lowest BCUT2D eigenvalue weighted by Gasteiger charge is -2.17. The maximum Gasteiger partial charge on any atom is 0.307 e. The summed E-state index contributed by atoms with van der Waals surface area (Å²) in [5.74, 6) is -0.188. The Morgan fingerprint density at radius 3 is 2.08 bits per heavy atom. The van der Waals surface area contributed by atoms with Gasteiger partial charge in [-0.1, -0.05) is 84.9 Å². The van der Waals surface area contributed by atoms with Crippen molar-refractivity contribution in [3.05, 3.63) is 126 Å². The second-order valence-corrected chi connectivity index (χ2v) is 13.0. The van der Waals surface area contributed by atoms with Gasteiger partial charge in [0.15, 0.2) is 11.5 Å². The molecular formula is C41H41N5O3. The Morgan fingerprint density at radius 1 is 0.796 bits per heavy atom. The number of aliphatic hydroxyl groups excluding tert-OH is 1. The van der Waals surface area contributed by atoms with Gasteiger partial charge in [0.1, 0.15) is 0 Å². The molecule has 0 aliphatic carbocycles. The van der Waals surface area contributed by atoms with Gasteiger partial charge in [-0.2, -0.15) is 0 Å². The number of aliphatic hydroxyl groups is 1. The molecule has 1 fully saturated rings. The standard InChI is InChI=1S/C41H41N5O3/c1-27-35(31-13-9-29(10-14-31)24-42-19-22-47)5-3-7-37(27)38-8-4-6-36(28(38)2)33-18-21-46-39(23-33)43-44-40(46)32-15-11-30(12-16-32)25-45-20-17-34(26-45)41(48)49/h3-16,18,21,23,34,42,47H,17,19-20,22,24-26H2,1-2H3,(H,48,49)/t34-/m1/s1. The fraction of sp³-hybridized carbons (Fsp3) is 0.244. The Labute approximate surface area is 286 Å². The number of pyridine rings is 1. The smallest absolute Gasteiger partial charge is 0.307 e. The summed E-state index contributed by atoms with van der Waals surface area (Å²) < 4.78 is 2.03. The molecule has 2 aromatic heterocycles. The van der Waals surface area contributed by atoms with Gasteiger partial charge < -0.3 is 15.5 Å². The first kappa shape index (κ1) is 32.4. The third kappa shape index (κ3) is 6.76. The van der Waals surface area contributed by atoms with Crippen LogP contribution in [0.2, 0.25) is 0 Å². The van der Waals surface area contributed by atoms with E-state index in [2.05, 4.69) is 131 Å². The first-order valence-electron chi connectivity index (χ1n) is 16.9. The van der Waals surface area contributed by atoms with Gasteiger partial charge in [0, 0.05) is 37.9 Å². The van der Waals surface area contributed by atoms with Gasteiger partial charge >= 0.3 is 5.97 Å². The topological polar surface area (TPSA) is 103 Å². The maximum atomic E-state index is 11.3. The molecule has 49 heavy (non-hydrogen) atoms. The Kier molecular flexibility index (Phi) is 9.35.